The molecule has 0 radical (unpaired) electrons. The first kappa shape index (κ1) is 15.8. The van der Waals surface area contributed by atoms with Crippen LogP contribution in [-0.2, 0) is 6.42 Å². The molecule has 0 spiro atoms. The number of hydrogen-bond acceptors (Lipinski definition) is 4. The van der Waals surface area contributed by atoms with E-state index in [0.29, 0.717) is 11.4 Å². The zero-order chi connectivity index (χ0) is 17.2. The molecule has 2 aromatic heterocycles. The Bertz CT molecular complexity index is 914. The molecule has 0 fully saturated rings. The van der Waals surface area contributed by atoms with Gasteiger partial charge in [0.15, 0.2) is 0 Å². The number of anilines is 1. The van der Waals surface area contributed by atoms with Crippen LogP contribution in [0.1, 0.15) is 21.6 Å². The van der Waals surface area contributed by atoms with Gasteiger partial charge in [0, 0.05) is 18.3 Å². The maximum Gasteiger partial charge on any atom is 0.263 e. The minimum absolute atomic E-state index is 0.0409. The van der Waals surface area contributed by atoms with Crippen molar-refractivity contribution in [3.63, 3.8) is 0 Å². The van der Waals surface area contributed by atoms with Crippen LogP contribution < -0.4 is 4.90 Å². The van der Waals surface area contributed by atoms with E-state index < -0.39 is 0 Å². The van der Waals surface area contributed by atoms with Gasteiger partial charge in [0.2, 0.25) is 0 Å². The molecule has 124 valence electrons. The summed E-state index contributed by atoms with van der Waals surface area (Å²) in [6.07, 6.45) is 2.47. The summed E-state index contributed by atoms with van der Waals surface area (Å²) < 4.78 is 0. The van der Waals surface area contributed by atoms with Crippen molar-refractivity contribution < 1.29 is 4.79 Å². The largest absolute Gasteiger partial charge is 0.279 e. The number of rotatable bonds is 3. The monoisotopic (exact) mass is 347 g/mol. The van der Waals surface area contributed by atoms with Crippen LogP contribution in [0.15, 0.2) is 71.9 Å². The van der Waals surface area contributed by atoms with E-state index in [1.165, 1.54) is 5.56 Å². The molecular formula is C20H17N3OS. The lowest BCUT2D eigenvalue weighted by Gasteiger charge is -2.34. The van der Waals surface area contributed by atoms with Crippen LogP contribution in [0.3, 0.4) is 0 Å². The first-order valence-electron chi connectivity index (χ1n) is 8.15. The molecule has 1 unspecified atom stereocenters. The van der Waals surface area contributed by atoms with Crippen LogP contribution in [0.5, 0.6) is 0 Å². The molecule has 25 heavy (non-hydrogen) atoms. The summed E-state index contributed by atoms with van der Waals surface area (Å²) in [6, 6.07) is 19.6. The van der Waals surface area contributed by atoms with Crippen LogP contribution in [0.2, 0.25) is 0 Å². The molecule has 1 amide bonds. The van der Waals surface area contributed by atoms with Gasteiger partial charge in [-0.25, -0.2) is 9.97 Å². The number of pyridine rings is 2. The predicted octanol–water partition coefficient (Wildman–Crippen LogP) is 4.11. The van der Waals surface area contributed by atoms with E-state index in [2.05, 4.69) is 22.1 Å². The maximum atomic E-state index is 13.2. The van der Waals surface area contributed by atoms with Gasteiger partial charge in [-0.15, -0.1) is 0 Å². The normalized spacial score (nSPS) is 16.6. The second-order valence-corrected chi connectivity index (χ2v) is 7.10. The summed E-state index contributed by atoms with van der Waals surface area (Å²) in [4.78, 5) is 23.9. The summed E-state index contributed by atoms with van der Waals surface area (Å²) in [7, 11) is 0. The Morgan fingerprint density at radius 2 is 1.88 bits per heavy atom. The van der Waals surface area contributed by atoms with Crippen molar-refractivity contribution in [1.29, 1.82) is 0 Å². The van der Waals surface area contributed by atoms with Gasteiger partial charge in [-0.2, -0.15) is 0 Å². The minimum Gasteiger partial charge on any atom is -0.279 e. The van der Waals surface area contributed by atoms with Crippen molar-refractivity contribution in [2.75, 3.05) is 4.90 Å². The number of benzene rings is 1. The zero-order valence-electron chi connectivity index (χ0n) is 13.8. The van der Waals surface area contributed by atoms with Crippen LogP contribution in [-0.4, -0.2) is 21.2 Å². The van der Waals surface area contributed by atoms with Gasteiger partial charge < -0.3 is 0 Å². The van der Waals surface area contributed by atoms with Gasteiger partial charge in [-0.1, -0.05) is 48.2 Å². The molecule has 0 saturated heterocycles. The molecule has 3 heterocycles. The van der Waals surface area contributed by atoms with Gasteiger partial charge >= 0.3 is 0 Å². The first-order valence-corrected chi connectivity index (χ1v) is 9.03. The van der Waals surface area contributed by atoms with E-state index in [0.717, 1.165) is 17.1 Å². The molecule has 0 bridgehead atoms. The lowest BCUT2D eigenvalue weighted by molar-refractivity contribution is 0.0977. The van der Waals surface area contributed by atoms with E-state index in [4.69, 9.17) is 0 Å². The van der Waals surface area contributed by atoms with Gasteiger partial charge in [-0.05, 0) is 36.8 Å². The lowest BCUT2D eigenvalue weighted by atomic mass is 10.1. The van der Waals surface area contributed by atoms with Gasteiger partial charge in [0.25, 0.3) is 5.91 Å². The Morgan fingerprint density at radius 1 is 1.04 bits per heavy atom. The van der Waals surface area contributed by atoms with Crippen LogP contribution >= 0.6 is 11.8 Å². The van der Waals surface area contributed by atoms with Crippen molar-refractivity contribution in [3.8, 4) is 0 Å². The molecule has 1 aromatic carbocycles. The van der Waals surface area contributed by atoms with Gasteiger partial charge in [0.1, 0.15) is 10.8 Å². The number of nitrogens with zero attached hydrogens (tertiary/aromatic N) is 3. The number of amides is 1. The fourth-order valence-corrected chi connectivity index (χ4v) is 4.20. The Hall–Kier alpha value is -2.66. The van der Waals surface area contributed by atoms with Crippen molar-refractivity contribution in [1.82, 2.24) is 9.97 Å². The van der Waals surface area contributed by atoms with Crippen LogP contribution in [0, 0.1) is 6.92 Å². The molecular weight excluding hydrogens is 330 g/mol. The standard InChI is InChI=1S/C20H17N3OS/c1-14-7-5-11-17(22-14)23-18(13-15-8-3-2-4-9-15)25-19-16(20(23)24)10-6-12-21-19/h2-12,18H,13H2,1H3. The quantitative estimate of drug-likeness (QED) is 0.715. The number of aromatic nitrogens is 2. The van der Waals surface area contributed by atoms with Crippen molar-refractivity contribution in [2.24, 2.45) is 0 Å². The average molecular weight is 347 g/mol. The summed E-state index contributed by atoms with van der Waals surface area (Å²) in [5, 5.41) is 0.712. The maximum absolute atomic E-state index is 13.2. The molecule has 5 heteroatoms. The van der Waals surface area contributed by atoms with Crippen LogP contribution in [0.25, 0.3) is 0 Å². The van der Waals surface area contributed by atoms with Crippen molar-refractivity contribution in [3.05, 3.63) is 83.7 Å². The Kier molecular flexibility index (Phi) is 4.24. The molecule has 1 atom stereocenters. The third-order valence-electron chi connectivity index (χ3n) is 4.13. The molecule has 0 N–H and O–H groups in total. The highest BCUT2D eigenvalue weighted by Gasteiger charge is 2.35. The van der Waals surface area contributed by atoms with E-state index in [1.54, 1.807) is 28.9 Å². The number of hydrogen-bond donors (Lipinski definition) is 0. The van der Waals surface area contributed by atoms with E-state index >= 15 is 0 Å². The molecule has 0 aliphatic carbocycles. The third kappa shape index (κ3) is 3.15. The topological polar surface area (TPSA) is 46.1 Å². The zero-order valence-corrected chi connectivity index (χ0v) is 14.6. The second kappa shape index (κ2) is 6.69. The highest BCUT2D eigenvalue weighted by molar-refractivity contribution is 8.00. The fourth-order valence-electron chi connectivity index (χ4n) is 2.95. The SMILES string of the molecule is Cc1cccc(N2C(=O)c3cccnc3SC2Cc2ccccc2)n1. The third-order valence-corrected chi connectivity index (χ3v) is 5.33. The minimum atomic E-state index is -0.0772. The highest BCUT2D eigenvalue weighted by atomic mass is 32.2. The first-order chi connectivity index (χ1) is 12.2. The Balaban J connectivity index is 1.77. The number of thioether (sulfide) groups is 1. The van der Waals surface area contributed by atoms with Crippen molar-refractivity contribution >= 4 is 23.5 Å². The smallest absolute Gasteiger partial charge is 0.263 e. The van der Waals surface area contributed by atoms with Gasteiger partial charge in [0.05, 0.1) is 10.9 Å². The molecule has 4 rings (SSSR count). The van der Waals surface area contributed by atoms with Crippen molar-refractivity contribution in [2.45, 2.75) is 23.7 Å². The molecule has 3 aromatic rings. The number of aryl methyl sites for hydroxylation is 1. The number of carbonyl (C=O) groups excluding carboxylic acids is 1. The summed E-state index contributed by atoms with van der Waals surface area (Å²) in [5.74, 6) is 0.647. The molecule has 1 aliphatic heterocycles. The Morgan fingerprint density at radius 3 is 2.68 bits per heavy atom. The van der Waals surface area contributed by atoms with E-state index in [1.807, 2.05) is 49.4 Å². The van der Waals surface area contributed by atoms with E-state index in [-0.39, 0.29) is 11.3 Å². The summed E-state index contributed by atoms with van der Waals surface area (Å²) >= 11 is 1.62. The van der Waals surface area contributed by atoms with Gasteiger partial charge in [-0.3, -0.25) is 9.69 Å². The molecule has 1 aliphatic rings. The fraction of sp³-hybridized carbons (Fsp3) is 0.150. The molecule has 4 nitrogen and oxygen atoms in total. The average Bonchev–Trinajstić information content (AvgIpc) is 2.63. The number of carbonyl (C=O) groups is 1. The summed E-state index contributed by atoms with van der Waals surface area (Å²) in [5.41, 5.74) is 2.72. The lowest BCUT2D eigenvalue weighted by Crippen LogP contribution is -2.43. The predicted molar refractivity (Wildman–Crippen MR) is 99.8 cm³/mol. The van der Waals surface area contributed by atoms with E-state index in [9.17, 15) is 4.79 Å². The molecule has 0 saturated carbocycles. The highest BCUT2D eigenvalue weighted by Crippen LogP contribution is 2.37. The summed E-state index contributed by atoms with van der Waals surface area (Å²) in [6.45, 7) is 1.94. The van der Waals surface area contributed by atoms with Crippen LogP contribution in [0.4, 0.5) is 5.82 Å². The second-order valence-electron chi connectivity index (χ2n) is 5.93. The Labute approximate surface area is 150 Å². The number of fused-ring (bicyclic) bond motifs is 1.